The van der Waals surface area contributed by atoms with E-state index >= 15 is 0 Å². The van der Waals surface area contributed by atoms with Gasteiger partial charge in [-0.1, -0.05) is 24.3 Å². The van der Waals surface area contributed by atoms with Crippen LogP contribution in [0.5, 0.6) is 11.5 Å². The second-order valence-electron chi connectivity index (χ2n) is 5.93. The molecular weight excluding hydrogens is 292 g/mol. The van der Waals surface area contributed by atoms with Crippen LogP contribution >= 0.6 is 0 Å². The van der Waals surface area contributed by atoms with Crippen molar-refractivity contribution in [3.63, 3.8) is 0 Å². The van der Waals surface area contributed by atoms with E-state index in [1.807, 2.05) is 24.3 Å². The quantitative estimate of drug-likeness (QED) is 0.771. The van der Waals surface area contributed by atoms with E-state index in [0.717, 1.165) is 24.0 Å². The highest BCUT2D eigenvalue weighted by atomic mass is 16.6. The van der Waals surface area contributed by atoms with Gasteiger partial charge in [0.2, 0.25) is 0 Å². The van der Waals surface area contributed by atoms with Gasteiger partial charge in [-0.3, -0.25) is 4.79 Å². The number of hydrogen-bond donors (Lipinski definition) is 2. The number of epoxide rings is 1. The smallest absolute Gasteiger partial charge is 0.164 e. The normalized spacial score (nSPS) is 19.5. The summed E-state index contributed by atoms with van der Waals surface area (Å²) < 4.78 is 5.49. The molecule has 23 heavy (non-hydrogen) atoms. The molecule has 0 bridgehead atoms. The molecule has 0 unspecified atom stereocenters. The molecule has 1 heterocycles. The summed E-state index contributed by atoms with van der Waals surface area (Å²) in [6, 6.07) is 14.0. The number of rotatable bonds is 7. The summed E-state index contributed by atoms with van der Waals surface area (Å²) in [6.07, 6.45) is 2.56. The molecule has 1 fully saturated rings. The Hall–Kier alpha value is -2.33. The largest absolute Gasteiger partial charge is 0.508 e. The van der Waals surface area contributed by atoms with Crippen molar-refractivity contribution >= 4 is 5.78 Å². The number of hydrogen-bond acceptors (Lipinski definition) is 4. The molecule has 0 spiro atoms. The summed E-state index contributed by atoms with van der Waals surface area (Å²) in [5.74, 6) is 0.646. The van der Waals surface area contributed by atoms with Gasteiger partial charge >= 0.3 is 0 Å². The summed E-state index contributed by atoms with van der Waals surface area (Å²) in [4.78, 5) is 12.1. The summed E-state index contributed by atoms with van der Waals surface area (Å²) >= 11 is 0. The van der Waals surface area contributed by atoms with Gasteiger partial charge < -0.3 is 14.9 Å². The standard InChI is InChI=1S/C19H20O4/c20-15-7-1-13(2-8-15)5-11-17(22)19-18(23-19)12-6-14-3-9-16(21)10-4-14/h1-4,7-10,18-21H,5-6,11-12H2/t18-,19+/m1/s1. The lowest BCUT2D eigenvalue weighted by Gasteiger charge is -2.01. The summed E-state index contributed by atoms with van der Waals surface area (Å²) in [5.41, 5.74) is 2.17. The van der Waals surface area contributed by atoms with Gasteiger partial charge in [-0.2, -0.15) is 0 Å². The minimum absolute atomic E-state index is 0.0242. The average Bonchev–Trinajstić information content (AvgIpc) is 3.33. The lowest BCUT2D eigenvalue weighted by atomic mass is 10.0. The zero-order chi connectivity index (χ0) is 16.2. The molecule has 0 amide bonds. The number of carbonyl (C=O) groups is 1. The fraction of sp³-hybridized carbons (Fsp3) is 0.316. The fourth-order valence-corrected chi connectivity index (χ4v) is 2.69. The molecule has 0 aromatic heterocycles. The van der Waals surface area contributed by atoms with Crippen LogP contribution in [0.4, 0.5) is 0 Å². The minimum Gasteiger partial charge on any atom is -0.508 e. The van der Waals surface area contributed by atoms with Crippen molar-refractivity contribution in [2.75, 3.05) is 0 Å². The maximum atomic E-state index is 12.1. The number of ketones is 1. The number of ether oxygens (including phenoxy) is 1. The van der Waals surface area contributed by atoms with Crippen LogP contribution in [0, 0.1) is 0 Å². The van der Waals surface area contributed by atoms with Crippen molar-refractivity contribution in [1.29, 1.82) is 0 Å². The van der Waals surface area contributed by atoms with Gasteiger partial charge in [0.25, 0.3) is 0 Å². The monoisotopic (exact) mass is 312 g/mol. The Bertz CT molecular complexity index is 661. The Kier molecular flexibility index (Phi) is 4.63. The molecule has 120 valence electrons. The Morgan fingerprint density at radius 2 is 1.39 bits per heavy atom. The molecule has 0 aliphatic carbocycles. The fourth-order valence-electron chi connectivity index (χ4n) is 2.69. The maximum Gasteiger partial charge on any atom is 0.164 e. The third-order valence-corrected chi connectivity index (χ3v) is 4.15. The van der Waals surface area contributed by atoms with Gasteiger partial charge in [-0.15, -0.1) is 0 Å². The van der Waals surface area contributed by atoms with Crippen molar-refractivity contribution in [3.8, 4) is 11.5 Å². The lowest BCUT2D eigenvalue weighted by Crippen LogP contribution is -2.11. The zero-order valence-electron chi connectivity index (χ0n) is 12.8. The topological polar surface area (TPSA) is 70.1 Å². The lowest BCUT2D eigenvalue weighted by molar-refractivity contribution is -0.120. The first-order valence-electron chi connectivity index (χ1n) is 7.86. The number of carbonyl (C=O) groups excluding carboxylic acids is 1. The van der Waals surface area contributed by atoms with Gasteiger partial charge in [-0.25, -0.2) is 0 Å². The molecule has 2 aromatic carbocycles. The predicted octanol–water partition coefficient (Wildman–Crippen LogP) is 3.00. The molecule has 2 atom stereocenters. The first-order chi connectivity index (χ1) is 11.1. The Morgan fingerprint density at radius 1 is 0.870 bits per heavy atom. The van der Waals surface area contributed by atoms with E-state index in [2.05, 4.69) is 0 Å². The molecule has 1 aliphatic rings. The summed E-state index contributed by atoms with van der Waals surface area (Å²) in [7, 11) is 0. The van der Waals surface area contributed by atoms with Gasteiger partial charge in [0.05, 0.1) is 6.10 Å². The third kappa shape index (κ3) is 4.33. The number of phenolic OH excluding ortho intramolecular Hbond substituents is 2. The summed E-state index contributed by atoms with van der Waals surface area (Å²) in [5, 5.41) is 18.5. The number of aryl methyl sites for hydroxylation is 2. The molecule has 2 N–H and O–H groups in total. The molecule has 3 rings (SSSR count). The second-order valence-corrected chi connectivity index (χ2v) is 5.93. The van der Waals surface area contributed by atoms with E-state index in [1.165, 1.54) is 0 Å². The maximum absolute atomic E-state index is 12.1. The molecule has 0 saturated carbocycles. The van der Waals surface area contributed by atoms with E-state index in [0.29, 0.717) is 12.8 Å². The highest BCUT2D eigenvalue weighted by Gasteiger charge is 2.43. The van der Waals surface area contributed by atoms with Crippen LogP contribution < -0.4 is 0 Å². The van der Waals surface area contributed by atoms with Crippen molar-refractivity contribution in [1.82, 2.24) is 0 Å². The number of aromatic hydroxyl groups is 2. The number of benzene rings is 2. The highest BCUT2D eigenvalue weighted by Crippen LogP contribution is 2.29. The van der Waals surface area contributed by atoms with Crippen molar-refractivity contribution in [2.45, 2.75) is 37.9 Å². The van der Waals surface area contributed by atoms with Crippen LogP contribution in [0.2, 0.25) is 0 Å². The van der Waals surface area contributed by atoms with Crippen molar-refractivity contribution in [3.05, 3.63) is 59.7 Å². The van der Waals surface area contributed by atoms with Crippen molar-refractivity contribution < 1.29 is 19.7 Å². The van der Waals surface area contributed by atoms with E-state index in [-0.39, 0.29) is 29.5 Å². The number of Topliss-reactive ketones (excluding diaryl/α,β-unsaturated/α-hetero) is 1. The van der Waals surface area contributed by atoms with E-state index in [1.54, 1.807) is 24.3 Å². The van der Waals surface area contributed by atoms with E-state index < -0.39 is 0 Å². The van der Waals surface area contributed by atoms with Crippen LogP contribution in [0.3, 0.4) is 0 Å². The SMILES string of the molecule is O=C(CCc1ccc(O)cc1)[C@@H]1O[C@@H]1CCc1ccc(O)cc1. The molecule has 4 nitrogen and oxygen atoms in total. The van der Waals surface area contributed by atoms with Crippen LogP contribution in [0.1, 0.15) is 24.0 Å². The molecule has 1 saturated heterocycles. The predicted molar refractivity (Wildman–Crippen MR) is 86.5 cm³/mol. The van der Waals surface area contributed by atoms with Gasteiger partial charge in [0.15, 0.2) is 5.78 Å². The van der Waals surface area contributed by atoms with Crippen LogP contribution in [0.25, 0.3) is 0 Å². The first-order valence-corrected chi connectivity index (χ1v) is 7.86. The average molecular weight is 312 g/mol. The summed E-state index contributed by atoms with van der Waals surface area (Å²) in [6.45, 7) is 0. The van der Waals surface area contributed by atoms with E-state index in [9.17, 15) is 15.0 Å². The Morgan fingerprint density at radius 3 is 1.96 bits per heavy atom. The molecule has 0 radical (unpaired) electrons. The van der Waals surface area contributed by atoms with Gasteiger partial charge in [0.1, 0.15) is 17.6 Å². The molecular formula is C19H20O4. The third-order valence-electron chi connectivity index (χ3n) is 4.15. The van der Waals surface area contributed by atoms with Crippen LogP contribution in [-0.4, -0.2) is 28.2 Å². The molecule has 2 aromatic rings. The van der Waals surface area contributed by atoms with Crippen LogP contribution in [-0.2, 0) is 22.4 Å². The Labute approximate surface area is 135 Å². The second kappa shape index (κ2) is 6.84. The van der Waals surface area contributed by atoms with Gasteiger partial charge in [0, 0.05) is 6.42 Å². The molecule has 1 aliphatic heterocycles. The van der Waals surface area contributed by atoms with Crippen molar-refractivity contribution in [2.24, 2.45) is 0 Å². The number of phenols is 2. The highest BCUT2D eigenvalue weighted by molar-refractivity contribution is 5.86. The van der Waals surface area contributed by atoms with Crippen LogP contribution in [0.15, 0.2) is 48.5 Å². The first kappa shape index (κ1) is 15.6. The van der Waals surface area contributed by atoms with Gasteiger partial charge in [-0.05, 0) is 54.7 Å². The molecule has 4 heteroatoms. The zero-order valence-corrected chi connectivity index (χ0v) is 12.8. The Balaban J connectivity index is 1.40. The van der Waals surface area contributed by atoms with E-state index in [4.69, 9.17) is 4.74 Å². The minimum atomic E-state index is -0.260.